The zero-order valence-electron chi connectivity index (χ0n) is 10.8. The molecule has 7 heteroatoms. The van der Waals surface area contributed by atoms with Crippen molar-refractivity contribution in [3.05, 3.63) is 56.2 Å². The Morgan fingerprint density at radius 1 is 1.29 bits per heavy atom. The van der Waals surface area contributed by atoms with Crippen molar-refractivity contribution >= 4 is 55.1 Å². The number of pyridine rings is 1. The average molecular weight is 435 g/mol. The number of nitrogens with zero attached hydrogens (tertiary/aromatic N) is 2. The van der Waals surface area contributed by atoms with Crippen molar-refractivity contribution in [3.63, 3.8) is 0 Å². The summed E-state index contributed by atoms with van der Waals surface area (Å²) in [4.78, 5) is 17.1. The molecule has 0 unspecified atom stereocenters. The van der Waals surface area contributed by atoms with E-state index in [2.05, 4.69) is 36.8 Å². The number of rotatable bonds is 5. The van der Waals surface area contributed by atoms with Crippen LogP contribution in [-0.4, -0.2) is 22.6 Å². The summed E-state index contributed by atoms with van der Waals surface area (Å²) in [7, 11) is 0. The molecule has 1 aromatic carbocycles. The van der Waals surface area contributed by atoms with E-state index >= 15 is 0 Å². The van der Waals surface area contributed by atoms with Gasteiger partial charge in [-0.2, -0.15) is 0 Å². The van der Waals surface area contributed by atoms with Crippen LogP contribution in [0.4, 0.5) is 5.69 Å². The fraction of sp³-hybridized carbons (Fsp3) is 0.143. The molecular weight excluding hydrogens is 423 g/mol. The third-order valence-corrected chi connectivity index (χ3v) is 4.11. The second kappa shape index (κ2) is 7.24. The van der Waals surface area contributed by atoms with Crippen LogP contribution in [0, 0.1) is 0 Å². The fourth-order valence-electron chi connectivity index (χ4n) is 1.79. The molecule has 1 heterocycles. The summed E-state index contributed by atoms with van der Waals surface area (Å²) in [5.74, 6) is -0.904. The van der Waals surface area contributed by atoms with Crippen molar-refractivity contribution in [3.8, 4) is 0 Å². The molecule has 21 heavy (non-hydrogen) atoms. The zero-order valence-corrected chi connectivity index (χ0v) is 14.7. The van der Waals surface area contributed by atoms with Gasteiger partial charge in [0.1, 0.15) is 6.54 Å². The first-order valence-corrected chi connectivity index (χ1v) is 7.94. The molecule has 0 amide bonds. The van der Waals surface area contributed by atoms with Crippen molar-refractivity contribution < 1.29 is 9.90 Å². The van der Waals surface area contributed by atoms with Gasteiger partial charge in [0.05, 0.1) is 12.2 Å². The molecule has 0 bridgehead atoms. The number of hydrogen-bond acceptors (Lipinski definition) is 3. The Bertz CT molecular complexity index is 650. The first-order valence-electron chi connectivity index (χ1n) is 5.98. The Labute approximate surface area is 144 Å². The van der Waals surface area contributed by atoms with Gasteiger partial charge in [0.2, 0.25) is 0 Å². The van der Waals surface area contributed by atoms with Crippen LogP contribution in [-0.2, 0) is 11.3 Å². The van der Waals surface area contributed by atoms with Gasteiger partial charge < -0.3 is 10.0 Å². The maximum Gasteiger partial charge on any atom is 0.323 e. The van der Waals surface area contributed by atoms with Gasteiger partial charge in [-0.3, -0.25) is 9.78 Å². The van der Waals surface area contributed by atoms with Crippen molar-refractivity contribution in [2.45, 2.75) is 6.54 Å². The van der Waals surface area contributed by atoms with Gasteiger partial charge in [0.15, 0.2) is 0 Å². The molecule has 0 aliphatic carbocycles. The topological polar surface area (TPSA) is 53.4 Å². The molecule has 1 N–H and O–H groups in total. The van der Waals surface area contributed by atoms with E-state index < -0.39 is 5.97 Å². The van der Waals surface area contributed by atoms with Gasteiger partial charge >= 0.3 is 5.97 Å². The standard InChI is InChI=1S/C14H11Br2ClN2O2/c15-9-5-12(16)13(18-6-9)7-19(8-14(20)21)11-3-1-10(17)2-4-11/h1-6H,7-8H2,(H,20,21). The Balaban J connectivity index is 2.27. The summed E-state index contributed by atoms with van der Waals surface area (Å²) in [6, 6.07) is 8.92. The van der Waals surface area contributed by atoms with Crippen LogP contribution in [0.15, 0.2) is 45.5 Å². The number of carboxylic acids is 1. The quantitative estimate of drug-likeness (QED) is 0.760. The first-order chi connectivity index (χ1) is 9.95. The number of halogens is 3. The monoisotopic (exact) mass is 432 g/mol. The zero-order chi connectivity index (χ0) is 15.4. The SMILES string of the molecule is O=C(O)CN(Cc1ncc(Br)cc1Br)c1ccc(Cl)cc1. The third kappa shape index (κ3) is 4.69. The second-order valence-electron chi connectivity index (χ2n) is 4.31. The second-order valence-corrected chi connectivity index (χ2v) is 6.51. The molecular formula is C14H11Br2ClN2O2. The van der Waals surface area contributed by atoms with E-state index in [0.717, 1.165) is 20.3 Å². The highest BCUT2D eigenvalue weighted by Gasteiger charge is 2.14. The Morgan fingerprint density at radius 3 is 2.52 bits per heavy atom. The predicted octanol–water partition coefficient (Wildman–Crippen LogP) is 4.35. The number of aliphatic carboxylic acids is 1. The van der Waals surface area contributed by atoms with Gasteiger partial charge in [0, 0.05) is 25.9 Å². The number of hydrogen-bond donors (Lipinski definition) is 1. The van der Waals surface area contributed by atoms with E-state index in [9.17, 15) is 4.79 Å². The summed E-state index contributed by atoms with van der Waals surface area (Å²) in [5, 5.41) is 9.69. The van der Waals surface area contributed by atoms with Crippen molar-refractivity contribution in [1.29, 1.82) is 0 Å². The lowest BCUT2D eigenvalue weighted by atomic mass is 10.2. The van der Waals surface area contributed by atoms with Crippen molar-refractivity contribution in [2.75, 3.05) is 11.4 Å². The molecule has 0 radical (unpaired) electrons. The number of carboxylic acid groups (broad SMARTS) is 1. The fourth-order valence-corrected chi connectivity index (χ4v) is 3.03. The largest absolute Gasteiger partial charge is 0.480 e. The summed E-state index contributed by atoms with van der Waals surface area (Å²) in [6.45, 7) is 0.258. The van der Waals surface area contributed by atoms with Gasteiger partial charge in [-0.1, -0.05) is 11.6 Å². The van der Waals surface area contributed by atoms with E-state index in [1.807, 2.05) is 6.07 Å². The average Bonchev–Trinajstić information content (AvgIpc) is 2.41. The summed E-state index contributed by atoms with van der Waals surface area (Å²) in [6.07, 6.45) is 1.68. The summed E-state index contributed by atoms with van der Waals surface area (Å²) < 4.78 is 1.68. The molecule has 4 nitrogen and oxygen atoms in total. The lowest BCUT2D eigenvalue weighted by molar-refractivity contribution is -0.135. The maximum absolute atomic E-state index is 11.1. The molecule has 1 aromatic heterocycles. The van der Waals surface area contributed by atoms with Crippen molar-refractivity contribution in [2.24, 2.45) is 0 Å². The molecule has 0 saturated carbocycles. The van der Waals surface area contributed by atoms with Gasteiger partial charge in [-0.25, -0.2) is 0 Å². The predicted molar refractivity (Wildman–Crippen MR) is 89.8 cm³/mol. The highest BCUT2D eigenvalue weighted by atomic mass is 79.9. The molecule has 2 aromatic rings. The van der Waals surface area contributed by atoms with Crippen LogP contribution in [0.5, 0.6) is 0 Å². The molecule has 0 aliphatic rings. The summed E-state index contributed by atoms with van der Waals surface area (Å²) in [5.41, 5.74) is 1.54. The Morgan fingerprint density at radius 2 is 1.95 bits per heavy atom. The van der Waals surface area contributed by atoms with Crippen molar-refractivity contribution in [1.82, 2.24) is 4.98 Å². The third-order valence-electron chi connectivity index (χ3n) is 2.74. The molecule has 2 rings (SSSR count). The lowest BCUT2D eigenvalue weighted by Gasteiger charge is -2.23. The van der Waals surface area contributed by atoms with E-state index in [1.54, 1.807) is 35.4 Å². The van der Waals surface area contributed by atoms with Crippen LogP contribution in [0.2, 0.25) is 5.02 Å². The van der Waals surface area contributed by atoms with E-state index in [4.69, 9.17) is 16.7 Å². The minimum atomic E-state index is -0.904. The number of anilines is 1. The normalized spacial score (nSPS) is 10.4. The van der Waals surface area contributed by atoms with Crippen LogP contribution in [0.1, 0.15) is 5.69 Å². The highest BCUT2D eigenvalue weighted by molar-refractivity contribution is 9.11. The van der Waals surface area contributed by atoms with Crippen LogP contribution in [0.25, 0.3) is 0 Å². The highest BCUT2D eigenvalue weighted by Crippen LogP contribution is 2.24. The van der Waals surface area contributed by atoms with E-state index in [1.165, 1.54) is 0 Å². The molecule has 0 saturated heterocycles. The van der Waals surface area contributed by atoms with E-state index in [0.29, 0.717) is 11.6 Å². The minimum Gasteiger partial charge on any atom is -0.480 e. The minimum absolute atomic E-state index is 0.119. The summed E-state index contributed by atoms with van der Waals surface area (Å²) >= 11 is 12.6. The maximum atomic E-state index is 11.1. The Hall–Kier alpha value is -1.11. The van der Waals surface area contributed by atoms with E-state index in [-0.39, 0.29) is 6.54 Å². The molecule has 0 fully saturated rings. The van der Waals surface area contributed by atoms with Crippen LogP contribution >= 0.6 is 43.5 Å². The molecule has 0 aliphatic heterocycles. The Kier molecular flexibility index (Phi) is 5.61. The molecule has 0 atom stereocenters. The van der Waals surface area contributed by atoms with Gasteiger partial charge in [-0.05, 0) is 62.2 Å². The van der Waals surface area contributed by atoms with Crippen LogP contribution in [0.3, 0.4) is 0 Å². The van der Waals surface area contributed by atoms with Crippen LogP contribution < -0.4 is 4.90 Å². The van der Waals surface area contributed by atoms with Gasteiger partial charge in [0.25, 0.3) is 0 Å². The number of benzene rings is 1. The number of aromatic nitrogens is 1. The number of carbonyl (C=O) groups is 1. The molecule has 0 spiro atoms. The lowest BCUT2D eigenvalue weighted by Crippen LogP contribution is -2.29. The molecule has 110 valence electrons. The van der Waals surface area contributed by atoms with Gasteiger partial charge in [-0.15, -0.1) is 0 Å². The first kappa shape index (κ1) is 16.3. The smallest absolute Gasteiger partial charge is 0.323 e.